The van der Waals surface area contributed by atoms with Crippen LogP contribution in [0.1, 0.15) is 6.42 Å². The second-order valence-corrected chi connectivity index (χ2v) is 4.20. The van der Waals surface area contributed by atoms with E-state index in [1.165, 1.54) is 12.2 Å². The summed E-state index contributed by atoms with van der Waals surface area (Å²) in [5.41, 5.74) is 0. The standard InChI is InChI=1S/C7H13BS/c1-8(2)5-3-4-7-6-9-7/h3,5,7H,4,6H2,1-2H3. The molecular formula is C7H13BS. The van der Waals surface area contributed by atoms with Crippen molar-refractivity contribution in [1.29, 1.82) is 0 Å². The first-order valence-electron chi connectivity index (χ1n) is 3.57. The highest BCUT2D eigenvalue weighted by atomic mass is 32.2. The molecule has 50 valence electrons. The van der Waals surface area contributed by atoms with E-state index in [-0.39, 0.29) is 0 Å². The monoisotopic (exact) mass is 140 g/mol. The summed E-state index contributed by atoms with van der Waals surface area (Å²) in [6.07, 6.45) is 3.61. The van der Waals surface area contributed by atoms with E-state index in [1.54, 1.807) is 0 Å². The maximum absolute atomic E-state index is 2.31. The van der Waals surface area contributed by atoms with Gasteiger partial charge in [-0.3, -0.25) is 0 Å². The molecule has 0 aromatic heterocycles. The molecule has 0 nitrogen and oxygen atoms in total. The van der Waals surface area contributed by atoms with E-state index in [0.29, 0.717) is 0 Å². The van der Waals surface area contributed by atoms with Gasteiger partial charge in [0.1, 0.15) is 0 Å². The van der Waals surface area contributed by atoms with Crippen molar-refractivity contribution in [2.45, 2.75) is 25.3 Å². The predicted octanol–water partition coefficient (Wildman–Crippen LogP) is 2.34. The normalized spacial score (nSPS) is 24.9. The van der Waals surface area contributed by atoms with Crippen LogP contribution in [-0.4, -0.2) is 17.7 Å². The lowest BCUT2D eigenvalue weighted by molar-refractivity contribution is 1.08. The maximum atomic E-state index is 2.31. The number of allylic oxidation sites excluding steroid dienone is 1. The number of hydrogen-bond acceptors (Lipinski definition) is 1. The molecule has 0 radical (unpaired) electrons. The van der Waals surface area contributed by atoms with Crippen LogP contribution < -0.4 is 0 Å². The lowest BCUT2D eigenvalue weighted by Crippen LogP contribution is -1.92. The fourth-order valence-corrected chi connectivity index (χ4v) is 1.23. The fraction of sp³-hybridized carbons (Fsp3) is 0.714. The summed E-state index contributed by atoms with van der Waals surface area (Å²) in [5.74, 6) is 3.68. The molecule has 2 heteroatoms. The van der Waals surface area contributed by atoms with E-state index < -0.39 is 0 Å². The molecule has 0 spiro atoms. The second kappa shape index (κ2) is 3.36. The van der Waals surface area contributed by atoms with Gasteiger partial charge in [0.05, 0.1) is 0 Å². The quantitative estimate of drug-likeness (QED) is 0.428. The van der Waals surface area contributed by atoms with Crippen molar-refractivity contribution in [1.82, 2.24) is 0 Å². The summed E-state index contributed by atoms with van der Waals surface area (Å²) in [4.78, 5) is 0. The molecule has 1 aliphatic heterocycles. The summed E-state index contributed by atoms with van der Waals surface area (Å²) in [7, 11) is 0. The number of hydrogen-bond donors (Lipinski definition) is 0. The smallest absolute Gasteiger partial charge is 0.156 e. The Labute approximate surface area is 62.2 Å². The van der Waals surface area contributed by atoms with Gasteiger partial charge < -0.3 is 0 Å². The third kappa shape index (κ3) is 3.69. The van der Waals surface area contributed by atoms with Crippen molar-refractivity contribution >= 4 is 18.5 Å². The first kappa shape index (κ1) is 7.26. The molecular weight excluding hydrogens is 127 g/mol. The summed E-state index contributed by atoms with van der Waals surface area (Å²) in [6, 6.07) is 0. The minimum absolute atomic E-state index is 0.730. The molecule has 1 saturated heterocycles. The Morgan fingerprint density at radius 2 is 2.33 bits per heavy atom. The van der Waals surface area contributed by atoms with Crippen molar-refractivity contribution in [2.24, 2.45) is 0 Å². The van der Waals surface area contributed by atoms with Crippen LogP contribution in [-0.2, 0) is 0 Å². The topological polar surface area (TPSA) is 0 Å². The van der Waals surface area contributed by atoms with E-state index in [1.807, 2.05) is 0 Å². The van der Waals surface area contributed by atoms with Gasteiger partial charge in [-0.25, -0.2) is 0 Å². The second-order valence-electron chi connectivity index (χ2n) is 2.86. The molecule has 0 N–H and O–H groups in total. The first-order chi connectivity index (χ1) is 4.29. The van der Waals surface area contributed by atoms with Crippen LogP contribution in [0.5, 0.6) is 0 Å². The van der Waals surface area contributed by atoms with E-state index in [2.05, 4.69) is 37.5 Å². The van der Waals surface area contributed by atoms with E-state index in [4.69, 9.17) is 0 Å². The molecule has 9 heavy (non-hydrogen) atoms. The maximum Gasteiger partial charge on any atom is 0.159 e. The van der Waals surface area contributed by atoms with Gasteiger partial charge in [0.2, 0.25) is 0 Å². The van der Waals surface area contributed by atoms with Crippen LogP contribution in [0.15, 0.2) is 12.1 Å². The van der Waals surface area contributed by atoms with Gasteiger partial charge >= 0.3 is 0 Å². The molecule has 1 atom stereocenters. The molecule has 1 fully saturated rings. The zero-order valence-corrected chi connectivity index (χ0v) is 6.95. The SMILES string of the molecule is CB(C)C=CCC1CS1. The number of thioether (sulfide) groups is 1. The summed E-state index contributed by atoms with van der Waals surface area (Å²) in [5, 5.41) is 0.972. The Bertz CT molecular complexity index is 105. The largest absolute Gasteiger partial charge is 0.159 e. The van der Waals surface area contributed by atoms with Crippen molar-refractivity contribution in [3.8, 4) is 0 Å². The van der Waals surface area contributed by atoms with Crippen LogP contribution in [0.25, 0.3) is 0 Å². The Hall–Kier alpha value is 0.155. The van der Waals surface area contributed by atoms with Gasteiger partial charge in [-0.05, 0) is 6.42 Å². The summed E-state index contributed by atoms with van der Waals surface area (Å²) in [6.45, 7) is 5.17. The molecule has 1 aliphatic rings. The average molecular weight is 140 g/mol. The highest BCUT2D eigenvalue weighted by Crippen LogP contribution is 2.33. The average Bonchev–Trinajstić information content (AvgIpc) is 2.48. The molecule has 0 saturated carbocycles. The van der Waals surface area contributed by atoms with Gasteiger partial charge in [0.15, 0.2) is 6.71 Å². The van der Waals surface area contributed by atoms with Gasteiger partial charge in [0.25, 0.3) is 0 Å². The summed E-state index contributed by atoms with van der Waals surface area (Å²) >= 11 is 2.07. The van der Waals surface area contributed by atoms with Gasteiger partial charge in [-0.15, -0.1) is 5.98 Å². The van der Waals surface area contributed by atoms with Crippen LogP contribution in [0.2, 0.25) is 13.6 Å². The molecule has 0 amide bonds. The zero-order valence-electron chi connectivity index (χ0n) is 6.13. The Kier molecular flexibility index (Phi) is 2.71. The Morgan fingerprint density at radius 3 is 2.78 bits per heavy atom. The van der Waals surface area contributed by atoms with Crippen LogP contribution in [0.4, 0.5) is 0 Å². The minimum atomic E-state index is 0.730. The predicted molar refractivity (Wildman–Crippen MR) is 47.5 cm³/mol. The highest BCUT2D eigenvalue weighted by Gasteiger charge is 2.19. The van der Waals surface area contributed by atoms with E-state index in [0.717, 1.165) is 12.0 Å². The molecule has 0 bridgehead atoms. The van der Waals surface area contributed by atoms with Crippen molar-refractivity contribution in [3.05, 3.63) is 12.1 Å². The van der Waals surface area contributed by atoms with Crippen molar-refractivity contribution < 1.29 is 0 Å². The summed E-state index contributed by atoms with van der Waals surface area (Å²) < 4.78 is 0. The molecule has 1 unspecified atom stereocenters. The third-order valence-corrected chi connectivity index (χ3v) is 2.32. The molecule has 1 heterocycles. The Balaban J connectivity index is 2.01. The van der Waals surface area contributed by atoms with Crippen LogP contribution in [0, 0.1) is 0 Å². The van der Waals surface area contributed by atoms with Crippen molar-refractivity contribution in [3.63, 3.8) is 0 Å². The van der Waals surface area contributed by atoms with E-state index >= 15 is 0 Å². The van der Waals surface area contributed by atoms with Gasteiger partial charge in [0, 0.05) is 11.0 Å². The first-order valence-corrected chi connectivity index (χ1v) is 4.62. The molecule has 0 aliphatic carbocycles. The fourth-order valence-electron chi connectivity index (χ4n) is 0.707. The zero-order chi connectivity index (χ0) is 6.69. The van der Waals surface area contributed by atoms with Gasteiger partial charge in [-0.2, -0.15) is 11.8 Å². The lowest BCUT2D eigenvalue weighted by Gasteiger charge is -1.87. The number of rotatable bonds is 3. The van der Waals surface area contributed by atoms with Crippen LogP contribution in [0.3, 0.4) is 0 Å². The Morgan fingerprint density at radius 1 is 1.67 bits per heavy atom. The lowest BCUT2D eigenvalue weighted by atomic mass is 9.55. The third-order valence-electron chi connectivity index (χ3n) is 1.32. The van der Waals surface area contributed by atoms with Crippen molar-refractivity contribution in [2.75, 3.05) is 5.75 Å². The van der Waals surface area contributed by atoms with Gasteiger partial charge in [-0.1, -0.05) is 19.7 Å². The highest BCUT2D eigenvalue weighted by molar-refractivity contribution is 8.06. The van der Waals surface area contributed by atoms with Crippen LogP contribution >= 0.6 is 11.8 Å². The van der Waals surface area contributed by atoms with E-state index in [9.17, 15) is 0 Å². The molecule has 0 aromatic carbocycles. The minimum Gasteiger partial charge on any atom is -0.156 e. The molecule has 0 aromatic rings. The molecule has 1 rings (SSSR count).